The number of amides is 2. The van der Waals surface area contributed by atoms with E-state index in [0.717, 1.165) is 0 Å². The lowest BCUT2D eigenvalue weighted by Gasteiger charge is -2.06. The fourth-order valence-corrected chi connectivity index (χ4v) is 1.74. The number of nitrogens with two attached hydrogens (primary N) is 1. The SMILES string of the molecule is NC(=O)c1cc(NC(=O)c2ccc(Cl)nn2)ccc1Cl. The first-order valence-corrected chi connectivity index (χ1v) is 6.13. The van der Waals surface area contributed by atoms with Gasteiger partial charge in [-0.15, -0.1) is 10.2 Å². The molecule has 2 rings (SSSR count). The van der Waals surface area contributed by atoms with Crippen LogP contribution in [-0.2, 0) is 0 Å². The van der Waals surface area contributed by atoms with Crippen molar-refractivity contribution in [3.8, 4) is 0 Å². The Hall–Kier alpha value is -2.18. The van der Waals surface area contributed by atoms with Gasteiger partial charge in [-0.2, -0.15) is 0 Å². The molecule has 0 aliphatic carbocycles. The lowest BCUT2D eigenvalue weighted by Crippen LogP contribution is -2.16. The summed E-state index contributed by atoms with van der Waals surface area (Å²) in [5, 5.41) is 10.1. The number of halogens is 2. The first-order chi connectivity index (χ1) is 9.47. The van der Waals surface area contributed by atoms with Crippen LogP contribution in [0.3, 0.4) is 0 Å². The van der Waals surface area contributed by atoms with Crippen molar-refractivity contribution < 1.29 is 9.59 Å². The van der Waals surface area contributed by atoms with Crippen molar-refractivity contribution in [2.24, 2.45) is 5.73 Å². The molecule has 0 aliphatic heterocycles. The average Bonchev–Trinajstić information content (AvgIpc) is 2.41. The summed E-state index contributed by atoms with van der Waals surface area (Å²) in [6.45, 7) is 0. The molecule has 1 aromatic heterocycles. The van der Waals surface area contributed by atoms with Gasteiger partial charge in [-0.25, -0.2) is 0 Å². The van der Waals surface area contributed by atoms with Crippen molar-refractivity contribution in [3.05, 3.63) is 51.8 Å². The van der Waals surface area contributed by atoms with E-state index in [0.29, 0.717) is 5.69 Å². The Morgan fingerprint density at radius 1 is 1.10 bits per heavy atom. The van der Waals surface area contributed by atoms with Gasteiger partial charge in [-0.1, -0.05) is 23.2 Å². The topological polar surface area (TPSA) is 98.0 Å². The van der Waals surface area contributed by atoms with Crippen LogP contribution in [0.15, 0.2) is 30.3 Å². The second-order valence-corrected chi connectivity index (χ2v) is 4.55. The number of carbonyl (C=O) groups excluding carboxylic acids is 2. The minimum Gasteiger partial charge on any atom is -0.366 e. The summed E-state index contributed by atoms with van der Waals surface area (Å²) in [6, 6.07) is 7.25. The summed E-state index contributed by atoms with van der Waals surface area (Å²) in [6.07, 6.45) is 0. The van der Waals surface area contributed by atoms with E-state index in [2.05, 4.69) is 15.5 Å². The number of carbonyl (C=O) groups is 2. The molecule has 20 heavy (non-hydrogen) atoms. The number of benzene rings is 1. The molecule has 0 saturated heterocycles. The number of nitrogens with zero attached hydrogens (tertiary/aromatic N) is 2. The zero-order valence-electron chi connectivity index (χ0n) is 9.93. The van der Waals surface area contributed by atoms with E-state index in [-0.39, 0.29) is 21.4 Å². The number of aromatic nitrogens is 2. The molecule has 0 fully saturated rings. The van der Waals surface area contributed by atoms with Crippen LogP contribution in [0.1, 0.15) is 20.8 Å². The molecule has 6 nitrogen and oxygen atoms in total. The zero-order valence-corrected chi connectivity index (χ0v) is 11.4. The number of rotatable bonds is 3. The maximum atomic E-state index is 11.9. The van der Waals surface area contributed by atoms with E-state index in [1.54, 1.807) is 0 Å². The van der Waals surface area contributed by atoms with E-state index in [9.17, 15) is 9.59 Å². The van der Waals surface area contributed by atoms with E-state index in [4.69, 9.17) is 28.9 Å². The zero-order chi connectivity index (χ0) is 14.7. The van der Waals surface area contributed by atoms with Gasteiger partial charge in [0.05, 0.1) is 10.6 Å². The molecule has 0 aliphatic rings. The van der Waals surface area contributed by atoms with Gasteiger partial charge in [0.1, 0.15) is 0 Å². The van der Waals surface area contributed by atoms with E-state index < -0.39 is 11.8 Å². The summed E-state index contributed by atoms with van der Waals surface area (Å²) < 4.78 is 0. The van der Waals surface area contributed by atoms with Crippen LogP contribution in [0.2, 0.25) is 10.2 Å². The molecule has 0 unspecified atom stereocenters. The minimum absolute atomic E-state index is 0.0879. The van der Waals surface area contributed by atoms with E-state index in [1.807, 2.05) is 0 Å². The molecule has 3 N–H and O–H groups in total. The number of primary amides is 1. The van der Waals surface area contributed by atoms with Gasteiger partial charge in [-0.3, -0.25) is 9.59 Å². The lowest BCUT2D eigenvalue weighted by atomic mass is 10.2. The number of nitrogens with one attached hydrogen (secondary N) is 1. The van der Waals surface area contributed by atoms with Gasteiger partial charge in [0.2, 0.25) is 5.91 Å². The third-order valence-electron chi connectivity index (χ3n) is 2.35. The number of hydrogen-bond donors (Lipinski definition) is 2. The van der Waals surface area contributed by atoms with Crippen LogP contribution >= 0.6 is 23.2 Å². The highest BCUT2D eigenvalue weighted by Crippen LogP contribution is 2.20. The Bertz CT molecular complexity index is 674. The predicted molar refractivity (Wildman–Crippen MR) is 75.0 cm³/mol. The van der Waals surface area contributed by atoms with Crippen molar-refractivity contribution >= 4 is 40.7 Å². The fourth-order valence-electron chi connectivity index (χ4n) is 1.42. The second kappa shape index (κ2) is 5.85. The predicted octanol–water partition coefficient (Wildman–Crippen LogP) is 2.13. The number of hydrogen-bond acceptors (Lipinski definition) is 4. The molecule has 8 heteroatoms. The monoisotopic (exact) mass is 310 g/mol. The first kappa shape index (κ1) is 14.2. The fraction of sp³-hybridized carbons (Fsp3) is 0. The van der Waals surface area contributed by atoms with Gasteiger partial charge >= 0.3 is 0 Å². The second-order valence-electron chi connectivity index (χ2n) is 3.75. The molecule has 1 heterocycles. The molecule has 0 saturated carbocycles. The molecular formula is C12H8Cl2N4O2. The van der Waals surface area contributed by atoms with Crippen LogP contribution in [0.4, 0.5) is 5.69 Å². The van der Waals surface area contributed by atoms with Crippen LogP contribution in [0.5, 0.6) is 0 Å². The van der Waals surface area contributed by atoms with Crippen molar-refractivity contribution in [1.29, 1.82) is 0 Å². The van der Waals surface area contributed by atoms with Crippen molar-refractivity contribution in [2.45, 2.75) is 0 Å². The lowest BCUT2D eigenvalue weighted by molar-refractivity contribution is 0.0995. The van der Waals surface area contributed by atoms with Gasteiger partial charge in [-0.05, 0) is 30.3 Å². The summed E-state index contributed by atoms with van der Waals surface area (Å²) in [5.41, 5.74) is 5.74. The van der Waals surface area contributed by atoms with E-state index >= 15 is 0 Å². The molecular weight excluding hydrogens is 303 g/mol. The Labute approximate surface area is 123 Å². The molecule has 2 aromatic rings. The Kier molecular flexibility index (Phi) is 4.16. The van der Waals surface area contributed by atoms with Crippen molar-refractivity contribution in [1.82, 2.24) is 10.2 Å². The molecule has 102 valence electrons. The molecule has 2 amide bonds. The van der Waals surface area contributed by atoms with Gasteiger partial charge in [0, 0.05) is 5.69 Å². The highest BCUT2D eigenvalue weighted by molar-refractivity contribution is 6.34. The molecule has 0 bridgehead atoms. The minimum atomic E-state index is -0.683. The maximum Gasteiger partial charge on any atom is 0.276 e. The summed E-state index contributed by atoms with van der Waals surface area (Å²) in [7, 11) is 0. The van der Waals surface area contributed by atoms with Gasteiger partial charge in [0.25, 0.3) is 5.91 Å². The highest BCUT2D eigenvalue weighted by Gasteiger charge is 2.11. The van der Waals surface area contributed by atoms with Crippen LogP contribution in [0.25, 0.3) is 0 Å². The third-order valence-corrected chi connectivity index (χ3v) is 2.89. The van der Waals surface area contributed by atoms with E-state index in [1.165, 1.54) is 30.3 Å². The summed E-state index contributed by atoms with van der Waals surface area (Å²) >= 11 is 11.4. The molecule has 0 atom stereocenters. The maximum absolute atomic E-state index is 11.9. The van der Waals surface area contributed by atoms with Crippen LogP contribution in [0, 0.1) is 0 Å². The third kappa shape index (κ3) is 3.23. The average molecular weight is 311 g/mol. The summed E-state index contributed by atoms with van der Waals surface area (Å²) in [4.78, 5) is 23.0. The normalized spacial score (nSPS) is 10.1. The molecule has 0 radical (unpaired) electrons. The van der Waals surface area contributed by atoms with Gasteiger partial charge < -0.3 is 11.1 Å². The van der Waals surface area contributed by atoms with Gasteiger partial charge in [0.15, 0.2) is 10.8 Å². The standard InChI is InChI=1S/C12H8Cl2N4O2/c13-8-2-1-6(5-7(8)11(15)19)16-12(20)9-3-4-10(14)18-17-9/h1-5H,(H2,15,19)(H,16,20). The highest BCUT2D eigenvalue weighted by atomic mass is 35.5. The van der Waals surface area contributed by atoms with Crippen LogP contribution < -0.4 is 11.1 Å². The molecule has 0 spiro atoms. The van der Waals surface area contributed by atoms with Crippen LogP contribution in [-0.4, -0.2) is 22.0 Å². The van der Waals surface area contributed by atoms with Crippen molar-refractivity contribution in [2.75, 3.05) is 5.32 Å². The Balaban J connectivity index is 2.21. The Morgan fingerprint density at radius 2 is 1.85 bits per heavy atom. The summed E-state index contributed by atoms with van der Waals surface area (Å²) in [5.74, 6) is -1.18. The number of anilines is 1. The largest absolute Gasteiger partial charge is 0.366 e. The van der Waals surface area contributed by atoms with Crippen molar-refractivity contribution in [3.63, 3.8) is 0 Å². The molecule has 1 aromatic carbocycles. The Morgan fingerprint density at radius 3 is 2.45 bits per heavy atom. The smallest absolute Gasteiger partial charge is 0.276 e. The first-order valence-electron chi connectivity index (χ1n) is 5.37. The quantitative estimate of drug-likeness (QED) is 0.907.